The number of carbonyl (C=O) groups excluding carboxylic acids is 1. The number of alkyl halides is 3. The van der Waals surface area contributed by atoms with Crippen molar-refractivity contribution in [1.29, 1.82) is 0 Å². The van der Waals surface area contributed by atoms with Gasteiger partial charge in [-0.25, -0.2) is 4.79 Å². The molecular formula is C17H23F3N2O5. The number of carbonyl (C=O) groups is 2. The number of carboxylic acids is 1. The molecule has 0 aliphatic carbocycles. The summed E-state index contributed by atoms with van der Waals surface area (Å²) in [7, 11) is 2.14. The summed E-state index contributed by atoms with van der Waals surface area (Å²) >= 11 is 0. The highest BCUT2D eigenvalue weighted by atomic mass is 19.4. The zero-order chi connectivity index (χ0) is 20.2. The van der Waals surface area contributed by atoms with E-state index in [4.69, 9.17) is 19.1 Å². The Balaban J connectivity index is 0.000000321. The van der Waals surface area contributed by atoms with Gasteiger partial charge >= 0.3 is 12.1 Å². The SMILES string of the molecule is CC1CN(C)C[C@@]12COCCN(C(=O)c1ccoc1)C2.O=C(O)C(F)(F)F. The Bertz CT molecular complexity index is 649. The van der Waals surface area contributed by atoms with Gasteiger partial charge in [-0.05, 0) is 19.0 Å². The zero-order valence-corrected chi connectivity index (χ0v) is 15.2. The number of aliphatic carboxylic acids is 1. The number of hydrogen-bond donors (Lipinski definition) is 1. The standard InChI is InChI=1S/C15H22N2O3.C2HF3O2/c1-12-7-16(2)9-15(12)10-17(4-6-20-11-15)14(18)13-3-5-19-8-13;3-2(4,5)1(6)7/h3,5,8,12H,4,6-7,9-11H2,1-2H3;(H,6,7)/t12?,15-;/m1./s1. The van der Waals surface area contributed by atoms with Gasteiger partial charge in [-0.15, -0.1) is 0 Å². The highest BCUT2D eigenvalue weighted by molar-refractivity contribution is 5.93. The summed E-state index contributed by atoms with van der Waals surface area (Å²) in [5.74, 6) is -2.18. The Hall–Kier alpha value is -2.07. The third-order valence-corrected chi connectivity index (χ3v) is 4.91. The van der Waals surface area contributed by atoms with Crippen LogP contribution in [0.2, 0.25) is 0 Å². The molecule has 2 fully saturated rings. The second-order valence-corrected chi connectivity index (χ2v) is 7.05. The third kappa shape index (κ3) is 5.23. The van der Waals surface area contributed by atoms with Gasteiger partial charge in [0.05, 0.1) is 25.0 Å². The average molecular weight is 392 g/mol. The van der Waals surface area contributed by atoms with E-state index in [9.17, 15) is 18.0 Å². The van der Waals surface area contributed by atoms with Crippen LogP contribution in [0.25, 0.3) is 0 Å². The van der Waals surface area contributed by atoms with Gasteiger partial charge in [0.2, 0.25) is 0 Å². The fourth-order valence-electron chi connectivity index (χ4n) is 3.51. The summed E-state index contributed by atoms with van der Waals surface area (Å²) in [6.45, 7) is 7.10. The molecule has 3 rings (SSSR count). The van der Waals surface area contributed by atoms with Crippen molar-refractivity contribution < 1.29 is 37.0 Å². The summed E-state index contributed by atoms with van der Waals surface area (Å²) in [4.78, 5) is 25.7. The molecule has 0 radical (unpaired) electrons. The quantitative estimate of drug-likeness (QED) is 0.787. The second-order valence-electron chi connectivity index (χ2n) is 7.05. The van der Waals surface area contributed by atoms with E-state index in [0.717, 1.165) is 26.2 Å². The number of furan rings is 1. The van der Waals surface area contributed by atoms with Crippen LogP contribution in [0.4, 0.5) is 13.2 Å². The van der Waals surface area contributed by atoms with Gasteiger partial charge in [0, 0.05) is 31.6 Å². The maximum absolute atomic E-state index is 12.5. The van der Waals surface area contributed by atoms with E-state index in [0.29, 0.717) is 24.6 Å². The van der Waals surface area contributed by atoms with Crippen LogP contribution < -0.4 is 0 Å². The smallest absolute Gasteiger partial charge is 0.475 e. The molecule has 2 atom stereocenters. The summed E-state index contributed by atoms with van der Waals surface area (Å²) in [6, 6.07) is 1.73. The summed E-state index contributed by atoms with van der Waals surface area (Å²) in [5.41, 5.74) is 0.686. The van der Waals surface area contributed by atoms with Crippen LogP contribution in [0.15, 0.2) is 23.0 Å². The lowest BCUT2D eigenvalue weighted by Gasteiger charge is -2.34. The number of ether oxygens (including phenoxy) is 1. The monoisotopic (exact) mass is 392 g/mol. The van der Waals surface area contributed by atoms with Gasteiger partial charge < -0.3 is 24.1 Å². The lowest BCUT2D eigenvalue weighted by Crippen LogP contribution is -2.45. The molecule has 7 nitrogen and oxygen atoms in total. The molecule has 0 saturated carbocycles. The number of likely N-dealkylation sites (tertiary alicyclic amines) is 1. The maximum Gasteiger partial charge on any atom is 0.490 e. The van der Waals surface area contributed by atoms with Crippen LogP contribution in [0, 0.1) is 11.3 Å². The molecule has 1 N–H and O–H groups in total. The number of amides is 1. The van der Waals surface area contributed by atoms with Gasteiger partial charge in [0.15, 0.2) is 0 Å². The first kappa shape index (κ1) is 21.2. The Morgan fingerprint density at radius 2 is 2.00 bits per heavy atom. The van der Waals surface area contributed by atoms with Crippen molar-refractivity contribution >= 4 is 11.9 Å². The Morgan fingerprint density at radius 1 is 1.33 bits per heavy atom. The van der Waals surface area contributed by atoms with Crippen molar-refractivity contribution in [2.75, 3.05) is 46.4 Å². The first-order valence-electron chi connectivity index (χ1n) is 8.43. The van der Waals surface area contributed by atoms with Gasteiger partial charge in [-0.3, -0.25) is 4.79 Å². The number of halogens is 3. The van der Waals surface area contributed by atoms with E-state index in [1.165, 1.54) is 6.26 Å². The first-order chi connectivity index (χ1) is 12.5. The molecule has 2 saturated heterocycles. The summed E-state index contributed by atoms with van der Waals surface area (Å²) in [5, 5.41) is 7.12. The molecule has 0 aromatic carbocycles. The minimum atomic E-state index is -5.08. The normalized spacial score (nSPS) is 26.4. The van der Waals surface area contributed by atoms with Gasteiger partial charge in [-0.2, -0.15) is 13.2 Å². The van der Waals surface area contributed by atoms with Gasteiger partial charge in [0.25, 0.3) is 5.91 Å². The molecule has 152 valence electrons. The second kappa shape index (κ2) is 8.30. The Kier molecular flexibility index (Phi) is 6.53. The maximum atomic E-state index is 12.5. The van der Waals surface area contributed by atoms with E-state index in [-0.39, 0.29) is 11.3 Å². The third-order valence-electron chi connectivity index (χ3n) is 4.91. The highest BCUT2D eigenvalue weighted by Crippen LogP contribution is 2.37. The molecule has 1 unspecified atom stereocenters. The van der Waals surface area contributed by atoms with Crippen molar-refractivity contribution in [3.63, 3.8) is 0 Å². The molecule has 0 bridgehead atoms. The first-order valence-corrected chi connectivity index (χ1v) is 8.43. The van der Waals surface area contributed by atoms with Crippen LogP contribution in [0.3, 0.4) is 0 Å². The van der Waals surface area contributed by atoms with Crippen LogP contribution >= 0.6 is 0 Å². The number of rotatable bonds is 1. The topological polar surface area (TPSA) is 83.2 Å². The molecule has 27 heavy (non-hydrogen) atoms. The minimum Gasteiger partial charge on any atom is -0.475 e. The molecule has 1 spiro atoms. The number of nitrogens with zero attached hydrogens (tertiary/aromatic N) is 2. The van der Waals surface area contributed by atoms with Crippen molar-refractivity contribution in [3.05, 3.63) is 24.2 Å². The lowest BCUT2D eigenvalue weighted by molar-refractivity contribution is -0.192. The van der Waals surface area contributed by atoms with Gasteiger partial charge in [0.1, 0.15) is 6.26 Å². The molecular weight excluding hydrogens is 369 g/mol. The van der Waals surface area contributed by atoms with E-state index in [2.05, 4.69) is 18.9 Å². The molecule has 2 aliphatic heterocycles. The molecule has 2 aliphatic rings. The zero-order valence-electron chi connectivity index (χ0n) is 15.2. The van der Waals surface area contributed by atoms with E-state index in [1.54, 1.807) is 12.3 Å². The predicted molar refractivity (Wildman–Crippen MR) is 88.2 cm³/mol. The van der Waals surface area contributed by atoms with Crippen molar-refractivity contribution in [2.24, 2.45) is 11.3 Å². The van der Waals surface area contributed by atoms with E-state index < -0.39 is 12.1 Å². The molecule has 3 heterocycles. The van der Waals surface area contributed by atoms with Crippen molar-refractivity contribution in [2.45, 2.75) is 13.1 Å². The number of carboxylic acid groups (broad SMARTS) is 1. The average Bonchev–Trinajstić information content (AvgIpc) is 3.12. The van der Waals surface area contributed by atoms with Crippen LogP contribution in [-0.4, -0.2) is 79.4 Å². The minimum absolute atomic E-state index is 0.0466. The fourth-order valence-corrected chi connectivity index (χ4v) is 3.51. The van der Waals surface area contributed by atoms with Crippen molar-refractivity contribution in [1.82, 2.24) is 9.80 Å². The largest absolute Gasteiger partial charge is 0.490 e. The molecule has 1 amide bonds. The molecule has 10 heteroatoms. The van der Waals surface area contributed by atoms with Crippen LogP contribution in [-0.2, 0) is 9.53 Å². The lowest BCUT2D eigenvalue weighted by atomic mass is 9.79. The van der Waals surface area contributed by atoms with E-state index in [1.807, 2.05) is 4.90 Å². The van der Waals surface area contributed by atoms with E-state index >= 15 is 0 Å². The predicted octanol–water partition coefficient (Wildman–Crippen LogP) is 1.95. The Morgan fingerprint density at radius 3 is 2.48 bits per heavy atom. The highest BCUT2D eigenvalue weighted by Gasteiger charge is 2.46. The summed E-state index contributed by atoms with van der Waals surface area (Å²) < 4.78 is 42.6. The van der Waals surface area contributed by atoms with Gasteiger partial charge in [-0.1, -0.05) is 6.92 Å². The van der Waals surface area contributed by atoms with Crippen LogP contribution in [0.5, 0.6) is 0 Å². The van der Waals surface area contributed by atoms with Crippen LogP contribution in [0.1, 0.15) is 17.3 Å². The van der Waals surface area contributed by atoms with Crippen molar-refractivity contribution in [3.8, 4) is 0 Å². The fraction of sp³-hybridized carbons (Fsp3) is 0.647. The molecule has 1 aromatic rings. The number of hydrogen-bond acceptors (Lipinski definition) is 5. The summed E-state index contributed by atoms with van der Waals surface area (Å²) in [6.07, 6.45) is -2.02. The Labute approximate surface area is 154 Å². The molecule has 1 aromatic heterocycles.